The zero-order chi connectivity index (χ0) is 14.2. The molecule has 1 aromatic rings. The van der Waals surface area contributed by atoms with Crippen LogP contribution in [0.1, 0.15) is 13.3 Å². The van der Waals surface area contributed by atoms with E-state index in [4.69, 9.17) is 5.73 Å². The molecule has 2 N–H and O–H groups in total. The predicted molar refractivity (Wildman–Crippen MR) is 66.9 cm³/mol. The molecular formula is C12H16F2N2O2S. The van der Waals surface area contributed by atoms with Crippen molar-refractivity contribution in [2.45, 2.75) is 24.3 Å². The lowest BCUT2D eigenvalue weighted by molar-refractivity contribution is 0.249. The highest BCUT2D eigenvalue weighted by Crippen LogP contribution is 2.25. The van der Waals surface area contributed by atoms with Crippen LogP contribution in [0.4, 0.5) is 8.78 Å². The minimum atomic E-state index is -4.01. The van der Waals surface area contributed by atoms with Gasteiger partial charge in [-0.05, 0) is 30.5 Å². The van der Waals surface area contributed by atoms with Gasteiger partial charge in [0.05, 0.1) is 0 Å². The van der Waals surface area contributed by atoms with Crippen molar-refractivity contribution in [1.29, 1.82) is 0 Å². The molecule has 0 bridgehead atoms. The van der Waals surface area contributed by atoms with Crippen molar-refractivity contribution in [2.75, 3.05) is 13.1 Å². The molecular weight excluding hydrogens is 274 g/mol. The van der Waals surface area contributed by atoms with Crippen LogP contribution in [-0.2, 0) is 10.0 Å². The third kappa shape index (κ3) is 2.77. The maximum Gasteiger partial charge on any atom is 0.246 e. The van der Waals surface area contributed by atoms with E-state index < -0.39 is 26.6 Å². The molecule has 1 heterocycles. The first-order chi connectivity index (χ1) is 8.82. The lowest BCUT2D eigenvalue weighted by Crippen LogP contribution is -2.48. The lowest BCUT2D eigenvalue weighted by atomic mass is 9.96. The number of rotatable bonds is 2. The Labute approximate surface area is 111 Å². The van der Waals surface area contributed by atoms with Gasteiger partial charge in [0.2, 0.25) is 10.0 Å². The van der Waals surface area contributed by atoms with E-state index in [0.29, 0.717) is 12.5 Å². The summed E-state index contributed by atoms with van der Waals surface area (Å²) in [5.74, 6) is -1.73. The van der Waals surface area contributed by atoms with E-state index in [2.05, 4.69) is 0 Å². The second-order valence-electron chi connectivity index (χ2n) is 4.87. The maximum atomic E-state index is 13.6. The Bertz CT molecular complexity index is 577. The Balaban J connectivity index is 2.35. The molecule has 106 valence electrons. The Morgan fingerprint density at radius 2 is 2.05 bits per heavy atom. The molecule has 7 heteroatoms. The van der Waals surface area contributed by atoms with E-state index in [1.165, 1.54) is 4.31 Å². The van der Waals surface area contributed by atoms with Gasteiger partial charge < -0.3 is 5.73 Å². The highest BCUT2D eigenvalue weighted by Gasteiger charge is 2.33. The quantitative estimate of drug-likeness (QED) is 0.893. The molecule has 1 fully saturated rings. The van der Waals surface area contributed by atoms with Gasteiger partial charge >= 0.3 is 0 Å². The average Bonchev–Trinajstić information content (AvgIpc) is 2.35. The Morgan fingerprint density at radius 1 is 1.37 bits per heavy atom. The van der Waals surface area contributed by atoms with E-state index in [1.54, 1.807) is 0 Å². The van der Waals surface area contributed by atoms with Crippen molar-refractivity contribution in [3.05, 3.63) is 29.8 Å². The molecule has 2 atom stereocenters. The highest BCUT2D eigenvalue weighted by atomic mass is 32.2. The number of halogens is 2. The van der Waals surface area contributed by atoms with E-state index in [9.17, 15) is 17.2 Å². The summed E-state index contributed by atoms with van der Waals surface area (Å²) >= 11 is 0. The molecule has 0 radical (unpaired) electrons. The molecule has 1 aliphatic heterocycles. The number of piperidine rings is 1. The van der Waals surface area contributed by atoms with Gasteiger partial charge in [-0.15, -0.1) is 0 Å². The van der Waals surface area contributed by atoms with Crippen molar-refractivity contribution >= 4 is 10.0 Å². The van der Waals surface area contributed by atoms with Gasteiger partial charge in [-0.1, -0.05) is 6.92 Å². The molecule has 0 spiro atoms. The third-order valence-corrected chi connectivity index (χ3v) is 5.33. The topological polar surface area (TPSA) is 63.4 Å². The van der Waals surface area contributed by atoms with Crippen LogP contribution in [0.15, 0.2) is 23.1 Å². The van der Waals surface area contributed by atoms with Crippen molar-refractivity contribution in [1.82, 2.24) is 4.31 Å². The Hall–Kier alpha value is -1.05. The van der Waals surface area contributed by atoms with Gasteiger partial charge in [-0.2, -0.15) is 4.31 Å². The number of benzene rings is 1. The highest BCUT2D eigenvalue weighted by molar-refractivity contribution is 7.89. The van der Waals surface area contributed by atoms with E-state index in [0.717, 1.165) is 12.1 Å². The fourth-order valence-electron chi connectivity index (χ4n) is 2.16. The largest absolute Gasteiger partial charge is 0.327 e. The first-order valence-electron chi connectivity index (χ1n) is 6.03. The van der Waals surface area contributed by atoms with E-state index in [-0.39, 0.29) is 25.0 Å². The molecule has 0 aromatic heterocycles. The second kappa shape index (κ2) is 5.15. The van der Waals surface area contributed by atoms with Crippen LogP contribution in [0.2, 0.25) is 0 Å². The van der Waals surface area contributed by atoms with E-state index in [1.807, 2.05) is 6.92 Å². The SMILES string of the molecule is CC1CN(S(=O)(=O)c2cc(F)ccc2F)CCC1N. The molecule has 0 saturated carbocycles. The number of hydrogen-bond donors (Lipinski definition) is 1. The van der Waals surface area contributed by atoms with Crippen LogP contribution >= 0.6 is 0 Å². The smallest absolute Gasteiger partial charge is 0.246 e. The first kappa shape index (κ1) is 14.4. The third-order valence-electron chi connectivity index (χ3n) is 3.45. The van der Waals surface area contributed by atoms with Crippen LogP contribution in [0.3, 0.4) is 0 Å². The van der Waals surface area contributed by atoms with Crippen LogP contribution in [-0.4, -0.2) is 31.9 Å². The molecule has 0 amide bonds. The monoisotopic (exact) mass is 290 g/mol. The lowest BCUT2D eigenvalue weighted by Gasteiger charge is -2.34. The van der Waals surface area contributed by atoms with Gasteiger partial charge in [-0.3, -0.25) is 0 Å². The Morgan fingerprint density at radius 3 is 2.68 bits per heavy atom. The first-order valence-corrected chi connectivity index (χ1v) is 7.47. The molecule has 19 heavy (non-hydrogen) atoms. The summed E-state index contributed by atoms with van der Waals surface area (Å²) in [6.45, 7) is 2.29. The van der Waals surface area contributed by atoms with Crippen LogP contribution in [0, 0.1) is 17.6 Å². The molecule has 1 aliphatic rings. The number of nitrogens with two attached hydrogens (primary N) is 1. The molecule has 2 unspecified atom stereocenters. The van der Waals surface area contributed by atoms with Gasteiger partial charge in [-0.25, -0.2) is 17.2 Å². The van der Waals surface area contributed by atoms with Gasteiger partial charge in [0.15, 0.2) is 0 Å². The zero-order valence-electron chi connectivity index (χ0n) is 10.5. The van der Waals surface area contributed by atoms with Gasteiger partial charge in [0.25, 0.3) is 0 Å². The molecule has 1 saturated heterocycles. The summed E-state index contributed by atoms with van der Waals surface area (Å²) in [4.78, 5) is -0.616. The number of sulfonamides is 1. The summed E-state index contributed by atoms with van der Waals surface area (Å²) in [6, 6.07) is 2.36. The van der Waals surface area contributed by atoms with Gasteiger partial charge in [0, 0.05) is 19.1 Å². The summed E-state index contributed by atoms with van der Waals surface area (Å²) in [5, 5.41) is 0. The number of nitrogens with zero attached hydrogens (tertiary/aromatic N) is 1. The second-order valence-corrected chi connectivity index (χ2v) is 6.77. The fraction of sp³-hybridized carbons (Fsp3) is 0.500. The normalized spacial score (nSPS) is 25.5. The Kier molecular flexibility index (Phi) is 3.89. The molecule has 1 aromatic carbocycles. The number of hydrogen-bond acceptors (Lipinski definition) is 3. The summed E-state index contributed by atoms with van der Waals surface area (Å²) < 4.78 is 52.5. The van der Waals surface area contributed by atoms with Crippen LogP contribution in [0.25, 0.3) is 0 Å². The fourth-order valence-corrected chi connectivity index (χ4v) is 3.79. The summed E-state index contributed by atoms with van der Waals surface area (Å²) in [5.41, 5.74) is 5.82. The van der Waals surface area contributed by atoms with Crippen LogP contribution in [0.5, 0.6) is 0 Å². The van der Waals surface area contributed by atoms with E-state index >= 15 is 0 Å². The maximum absolute atomic E-state index is 13.6. The van der Waals surface area contributed by atoms with Crippen molar-refractivity contribution < 1.29 is 17.2 Å². The van der Waals surface area contributed by atoms with Crippen LogP contribution < -0.4 is 5.73 Å². The standard InChI is InChI=1S/C12H16F2N2O2S/c1-8-7-16(5-4-11(8)15)19(17,18)12-6-9(13)2-3-10(12)14/h2-3,6,8,11H,4-5,7,15H2,1H3. The summed E-state index contributed by atoms with van der Waals surface area (Å²) in [6.07, 6.45) is 0.511. The molecule has 2 rings (SSSR count). The predicted octanol–water partition coefficient (Wildman–Crippen LogP) is 1.32. The zero-order valence-corrected chi connectivity index (χ0v) is 11.3. The van der Waals surface area contributed by atoms with Crippen molar-refractivity contribution in [3.8, 4) is 0 Å². The minimum absolute atomic E-state index is 0.0138. The molecule has 0 aliphatic carbocycles. The van der Waals surface area contributed by atoms with Crippen molar-refractivity contribution in [2.24, 2.45) is 11.7 Å². The molecule has 4 nitrogen and oxygen atoms in total. The minimum Gasteiger partial charge on any atom is -0.327 e. The van der Waals surface area contributed by atoms with Crippen molar-refractivity contribution in [3.63, 3.8) is 0 Å². The average molecular weight is 290 g/mol. The van der Waals surface area contributed by atoms with Gasteiger partial charge in [0.1, 0.15) is 16.5 Å². The summed E-state index contributed by atoms with van der Waals surface area (Å²) in [7, 11) is -4.01.